The Kier molecular flexibility index (Phi) is 4.63. The highest BCUT2D eigenvalue weighted by Gasteiger charge is 2.33. The first kappa shape index (κ1) is 14.6. The van der Waals surface area contributed by atoms with Crippen molar-refractivity contribution in [3.8, 4) is 0 Å². The SMILES string of the molecule is CCCNc1cccc(N2CC3CCCCN3CC2C)n1. The second-order valence-corrected chi connectivity index (χ2v) is 6.45. The van der Waals surface area contributed by atoms with Gasteiger partial charge in [0, 0.05) is 31.7 Å². The van der Waals surface area contributed by atoms with E-state index in [2.05, 4.69) is 47.2 Å². The number of pyridine rings is 1. The Morgan fingerprint density at radius 2 is 2.19 bits per heavy atom. The normalized spacial score (nSPS) is 26.5. The van der Waals surface area contributed by atoms with Crippen molar-refractivity contribution in [1.29, 1.82) is 0 Å². The van der Waals surface area contributed by atoms with Crippen LogP contribution in [0.5, 0.6) is 0 Å². The molecule has 2 fully saturated rings. The van der Waals surface area contributed by atoms with Gasteiger partial charge >= 0.3 is 0 Å². The zero-order valence-electron chi connectivity index (χ0n) is 13.4. The van der Waals surface area contributed by atoms with Crippen molar-refractivity contribution < 1.29 is 0 Å². The van der Waals surface area contributed by atoms with Crippen LogP contribution in [0.4, 0.5) is 11.6 Å². The number of piperidine rings is 1. The predicted octanol–water partition coefficient (Wildman–Crippen LogP) is 2.97. The summed E-state index contributed by atoms with van der Waals surface area (Å²) in [5, 5.41) is 3.40. The van der Waals surface area contributed by atoms with Crippen LogP contribution in [0.15, 0.2) is 18.2 Å². The molecule has 0 aliphatic carbocycles. The molecule has 0 spiro atoms. The van der Waals surface area contributed by atoms with Crippen molar-refractivity contribution in [3.05, 3.63) is 18.2 Å². The average molecular weight is 288 g/mol. The molecule has 21 heavy (non-hydrogen) atoms. The second-order valence-electron chi connectivity index (χ2n) is 6.45. The molecule has 0 radical (unpaired) electrons. The largest absolute Gasteiger partial charge is 0.370 e. The van der Waals surface area contributed by atoms with E-state index in [-0.39, 0.29) is 0 Å². The van der Waals surface area contributed by atoms with Gasteiger partial charge in [-0.15, -0.1) is 0 Å². The number of piperazine rings is 1. The number of aromatic nitrogens is 1. The Morgan fingerprint density at radius 1 is 1.29 bits per heavy atom. The second kappa shape index (κ2) is 6.65. The quantitative estimate of drug-likeness (QED) is 0.923. The first-order valence-corrected chi connectivity index (χ1v) is 8.49. The van der Waals surface area contributed by atoms with E-state index in [0.29, 0.717) is 6.04 Å². The van der Waals surface area contributed by atoms with Crippen molar-refractivity contribution in [1.82, 2.24) is 9.88 Å². The van der Waals surface area contributed by atoms with Crippen molar-refractivity contribution in [3.63, 3.8) is 0 Å². The molecule has 3 heterocycles. The summed E-state index contributed by atoms with van der Waals surface area (Å²) in [6.07, 6.45) is 5.23. The van der Waals surface area contributed by atoms with Gasteiger partial charge in [0.1, 0.15) is 11.6 Å². The summed E-state index contributed by atoms with van der Waals surface area (Å²) in [6.45, 7) is 9.10. The first-order chi connectivity index (χ1) is 10.3. The van der Waals surface area contributed by atoms with Crippen LogP contribution in [0.25, 0.3) is 0 Å². The van der Waals surface area contributed by atoms with Crippen LogP contribution in [0.1, 0.15) is 39.5 Å². The number of nitrogens with zero attached hydrogens (tertiary/aromatic N) is 3. The Hall–Kier alpha value is -1.29. The van der Waals surface area contributed by atoms with E-state index in [1.54, 1.807) is 0 Å². The Balaban J connectivity index is 1.73. The number of nitrogens with one attached hydrogen (secondary N) is 1. The van der Waals surface area contributed by atoms with E-state index < -0.39 is 0 Å². The van der Waals surface area contributed by atoms with E-state index in [1.807, 2.05) is 0 Å². The van der Waals surface area contributed by atoms with E-state index >= 15 is 0 Å². The predicted molar refractivity (Wildman–Crippen MR) is 89.0 cm³/mol. The Bertz CT molecular complexity index is 462. The molecular formula is C17H28N4. The van der Waals surface area contributed by atoms with E-state index in [0.717, 1.165) is 37.2 Å². The topological polar surface area (TPSA) is 31.4 Å². The summed E-state index contributed by atoms with van der Waals surface area (Å²) < 4.78 is 0. The molecule has 4 heteroatoms. The van der Waals surface area contributed by atoms with Gasteiger partial charge in [0.05, 0.1) is 0 Å². The van der Waals surface area contributed by atoms with Crippen LogP contribution in [0.3, 0.4) is 0 Å². The smallest absolute Gasteiger partial charge is 0.131 e. The molecule has 0 bridgehead atoms. The van der Waals surface area contributed by atoms with Gasteiger partial charge in [0.2, 0.25) is 0 Å². The standard InChI is InChI=1S/C17H28N4/c1-3-10-18-16-8-6-9-17(19-16)21-13-15-7-4-5-11-20(15)12-14(21)2/h6,8-9,14-15H,3-5,7,10-13H2,1-2H3,(H,18,19). The number of rotatable bonds is 4. The lowest BCUT2D eigenvalue weighted by atomic mass is 9.97. The molecule has 0 saturated carbocycles. The number of anilines is 2. The molecule has 4 nitrogen and oxygen atoms in total. The third kappa shape index (κ3) is 3.31. The minimum absolute atomic E-state index is 0.549. The van der Waals surface area contributed by atoms with Crippen LogP contribution in [-0.4, -0.2) is 48.1 Å². The Morgan fingerprint density at radius 3 is 3.05 bits per heavy atom. The van der Waals surface area contributed by atoms with Crippen LogP contribution in [-0.2, 0) is 0 Å². The van der Waals surface area contributed by atoms with Crippen LogP contribution in [0.2, 0.25) is 0 Å². The third-order valence-electron chi connectivity index (χ3n) is 4.77. The highest BCUT2D eigenvalue weighted by Crippen LogP contribution is 2.27. The molecule has 116 valence electrons. The zero-order valence-corrected chi connectivity index (χ0v) is 13.4. The van der Waals surface area contributed by atoms with Gasteiger partial charge in [-0.2, -0.15) is 0 Å². The Labute approximate surface area is 128 Å². The van der Waals surface area contributed by atoms with Crippen molar-refractivity contribution >= 4 is 11.6 Å². The van der Waals surface area contributed by atoms with Gasteiger partial charge in [-0.1, -0.05) is 19.4 Å². The maximum Gasteiger partial charge on any atom is 0.131 e. The lowest BCUT2D eigenvalue weighted by molar-refractivity contribution is 0.115. The summed E-state index contributed by atoms with van der Waals surface area (Å²) in [5.41, 5.74) is 0. The summed E-state index contributed by atoms with van der Waals surface area (Å²) in [6, 6.07) is 7.63. The average Bonchev–Trinajstić information content (AvgIpc) is 2.52. The van der Waals surface area contributed by atoms with Crippen LogP contribution < -0.4 is 10.2 Å². The molecule has 0 aromatic carbocycles. The molecule has 2 unspecified atom stereocenters. The fourth-order valence-electron chi connectivity index (χ4n) is 3.61. The molecule has 1 N–H and O–H groups in total. The van der Waals surface area contributed by atoms with E-state index in [9.17, 15) is 0 Å². The van der Waals surface area contributed by atoms with E-state index in [1.165, 1.54) is 32.4 Å². The molecule has 1 aromatic rings. The van der Waals surface area contributed by atoms with Gasteiger partial charge in [-0.3, -0.25) is 4.90 Å². The van der Waals surface area contributed by atoms with Crippen LogP contribution >= 0.6 is 0 Å². The molecule has 1 aromatic heterocycles. The zero-order chi connectivity index (χ0) is 14.7. The van der Waals surface area contributed by atoms with Gasteiger partial charge in [0.15, 0.2) is 0 Å². The van der Waals surface area contributed by atoms with Gasteiger partial charge in [0.25, 0.3) is 0 Å². The van der Waals surface area contributed by atoms with Crippen molar-refractivity contribution in [2.45, 2.75) is 51.6 Å². The minimum atomic E-state index is 0.549. The summed E-state index contributed by atoms with van der Waals surface area (Å²) in [5.74, 6) is 2.14. The van der Waals surface area contributed by atoms with Gasteiger partial charge in [-0.05, 0) is 44.9 Å². The van der Waals surface area contributed by atoms with Crippen molar-refractivity contribution in [2.75, 3.05) is 36.4 Å². The molecule has 0 amide bonds. The third-order valence-corrected chi connectivity index (χ3v) is 4.77. The fourth-order valence-corrected chi connectivity index (χ4v) is 3.61. The first-order valence-electron chi connectivity index (χ1n) is 8.49. The lowest BCUT2D eigenvalue weighted by Gasteiger charge is -2.48. The molecule has 2 aliphatic heterocycles. The number of hydrogen-bond acceptors (Lipinski definition) is 4. The van der Waals surface area contributed by atoms with Gasteiger partial charge < -0.3 is 10.2 Å². The number of fused-ring (bicyclic) bond motifs is 1. The van der Waals surface area contributed by atoms with E-state index in [4.69, 9.17) is 4.98 Å². The maximum absolute atomic E-state index is 4.82. The molecule has 2 atom stereocenters. The van der Waals surface area contributed by atoms with Crippen molar-refractivity contribution in [2.24, 2.45) is 0 Å². The summed E-state index contributed by atoms with van der Waals surface area (Å²) in [4.78, 5) is 10.0. The summed E-state index contributed by atoms with van der Waals surface area (Å²) in [7, 11) is 0. The highest BCUT2D eigenvalue weighted by molar-refractivity contribution is 5.48. The molecular weight excluding hydrogens is 260 g/mol. The minimum Gasteiger partial charge on any atom is -0.370 e. The number of hydrogen-bond donors (Lipinski definition) is 1. The highest BCUT2D eigenvalue weighted by atomic mass is 15.3. The molecule has 3 rings (SSSR count). The van der Waals surface area contributed by atoms with Crippen LogP contribution in [0, 0.1) is 0 Å². The molecule has 2 saturated heterocycles. The molecule has 2 aliphatic rings. The fraction of sp³-hybridized carbons (Fsp3) is 0.706. The lowest BCUT2D eigenvalue weighted by Crippen LogP contribution is -2.59. The maximum atomic E-state index is 4.82. The van der Waals surface area contributed by atoms with Gasteiger partial charge in [-0.25, -0.2) is 4.98 Å². The monoisotopic (exact) mass is 288 g/mol. The summed E-state index contributed by atoms with van der Waals surface area (Å²) >= 11 is 0.